The van der Waals surface area contributed by atoms with Crippen molar-refractivity contribution in [3.63, 3.8) is 0 Å². The van der Waals surface area contributed by atoms with Crippen molar-refractivity contribution in [1.29, 1.82) is 0 Å². The van der Waals surface area contributed by atoms with Gasteiger partial charge in [0.2, 0.25) is 59.1 Å². The van der Waals surface area contributed by atoms with Crippen molar-refractivity contribution < 1.29 is 57.5 Å². The van der Waals surface area contributed by atoms with Crippen LogP contribution in [0.25, 0.3) is 0 Å². The van der Waals surface area contributed by atoms with Gasteiger partial charge in [-0.1, -0.05) is 102 Å². The first-order valence-electron chi connectivity index (χ1n) is 24.3. The monoisotopic (exact) mass is 1030 g/mol. The van der Waals surface area contributed by atoms with E-state index in [1.807, 2.05) is 27.7 Å². The van der Waals surface area contributed by atoms with Gasteiger partial charge in [0.1, 0.15) is 30.2 Å². The van der Waals surface area contributed by atoms with Crippen LogP contribution in [0.2, 0.25) is 0 Å². The van der Waals surface area contributed by atoms with Gasteiger partial charge in [-0.15, -0.1) is 0 Å². The van der Waals surface area contributed by atoms with Crippen LogP contribution in [0.1, 0.15) is 78.4 Å². The fourth-order valence-corrected chi connectivity index (χ4v) is 7.00. The molecular formula is C52H74N10O12. The van der Waals surface area contributed by atoms with Gasteiger partial charge in [-0.25, -0.2) is 4.79 Å². The van der Waals surface area contributed by atoms with Crippen LogP contribution in [0.3, 0.4) is 0 Å². The molecule has 0 heterocycles. The van der Waals surface area contributed by atoms with E-state index in [2.05, 4.69) is 66.3 Å². The maximum absolute atomic E-state index is 13.7. The SMILES string of the molecule is C=C(C)C(=O)NCC(=O)N[C@@H](Cc1ccccc1)C(=O)N[C@@H](CC(C)C)C(=O)NCC(=O)NCCC[C@H](NC(=O)CNC(=O)[C@H](CC(C)C)NC(=O)[C@H](Cc1ccccc1)NC(=O)CNC(=O)C(=C)C)C(=O)OC. The quantitative estimate of drug-likeness (QED) is 0.0256. The van der Waals surface area contributed by atoms with Gasteiger partial charge in [-0.05, 0) is 62.5 Å². The first-order valence-corrected chi connectivity index (χ1v) is 24.3. The van der Waals surface area contributed by atoms with Crippen molar-refractivity contribution in [2.75, 3.05) is 39.8 Å². The van der Waals surface area contributed by atoms with Crippen molar-refractivity contribution in [2.24, 2.45) is 11.8 Å². The Morgan fingerprint density at radius 1 is 0.459 bits per heavy atom. The molecule has 0 fully saturated rings. The minimum atomic E-state index is -1.18. The lowest BCUT2D eigenvalue weighted by Gasteiger charge is -2.24. The third-order valence-corrected chi connectivity index (χ3v) is 10.8. The molecule has 22 nitrogen and oxygen atoms in total. The molecule has 0 radical (unpaired) electrons. The molecule has 22 heteroatoms. The molecule has 0 bridgehead atoms. The van der Waals surface area contributed by atoms with E-state index in [0.717, 1.165) is 12.7 Å². The second-order valence-electron chi connectivity index (χ2n) is 18.5. The normalized spacial score (nSPS) is 12.7. The summed E-state index contributed by atoms with van der Waals surface area (Å²) in [6, 6.07) is 12.0. The highest BCUT2D eigenvalue weighted by molar-refractivity contribution is 5.98. The smallest absolute Gasteiger partial charge is 0.328 e. The van der Waals surface area contributed by atoms with Gasteiger partial charge in [0, 0.05) is 30.5 Å². The number of hydrogen-bond donors (Lipinski definition) is 10. The zero-order valence-electron chi connectivity index (χ0n) is 43.4. The number of methoxy groups -OCH3 is 1. The topological polar surface area (TPSA) is 317 Å². The lowest BCUT2D eigenvalue weighted by atomic mass is 10.0. The number of rotatable bonds is 32. The Labute approximate surface area is 432 Å². The minimum absolute atomic E-state index is 0.000121. The number of carbonyl (C=O) groups is 11. The van der Waals surface area contributed by atoms with E-state index in [9.17, 15) is 52.7 Å². The number of esters is 1. The third kappa shape index (κ3) is 25.0. The molecule has 0 aliphatic carbocycles. The third-order valence-electron chi connectivity index (χ3n) is 10.8. The van der Waals surface area contributed by atoms with Crippen molar-refractivity contribution >= 4 is 65.0 Å². The van der Waals surface area contributed by atoms with Crippen LogP contribution in [0, 0.1) is 11.8 Å². The Balaban J connectivity index is 1.99. The molecular weight excluding hydrogens is 957 g/mol. The lowest BCUT2D eigenvalue weighted by Crippen LogP contribution is -2.56. The van der Waals surface area contributed by atoms with Gasteiger partial charge < -0.3 is 57.9 Å². The molecule has 2 rings (SSSR count). The summed E-state index contributed by atoms with van der Waals surface area (Å²) in [5.41, 5.74) is 1.82. The Kier molecular flexibility index (Phi) is 27.7. The summed E-state index contributed by atoms with van der Waals surface area (Å²) < 4.78 is 4.86. The Morgan fingerprint density at radius 2 is 0.824 bits per heavy atom. The van der Waals surface area contributed by atoms with Crippen molar-refractivity contribution in [1.82, 2.24) is 53.2 Å². The fraction of sp³-hybridized carbons (Fsp3) is 0.481. The molecule has 404 valence electrons. The van der Waals surface area contributed by atoms with Gasteiger partial charge in [-0.2, -0.15) is 0 Å². The lowest BCUT2D eigenvalue weighted by molar-refractivity contribution is -0.145. The molecule has 5 atom stereocenters. The van der Waals surface area contributed by atoms with Crippen LogP contribution in [0.5, 0.6) is 0 Å². The summed E-state index contributed by atoms with van der Waals surface area (Å²) in [5.74, 6) is -7.39. The number of amides is 10. The van der Waals surface area contributed by atoms with Crippen LogP contribution in [0.4, 0.5) is 0 Å². The molecule has 2 aromatic rings. The summed E-state index contributed by atoms with van der Waals surface area (Å²) in [6.45, 7) is 15.5. The largest absolute Gasteiger partial charge is 0.467 e. The predicted molar refractivity (Wildman–Crippen MR) is 275 cm³/mol. The van der Waals surface area contributed by atoms with Gasteiger partial charge in [0.05, 0.1) is 33.3 Å². The first kappa shape index (κ1) is 62.2. The summed E-state index contributed by atoms with van der Waals surface area (Å²) in [5, 5.41) is 25.6. The van der Waals surface area contributed by atoms with Crippen LogP contribution < -0.4 is 53.2 Å². The van der Waals surface area contributed by atoms with Crippen LogP contribution in [-0.2, 0) is 70.3 Å². The average Bonchev–Trinajstić information content (AvgIpc) is 3.35. The zero-order valence-corrected chi connectivity index (χ0v) is 43.4. The minimum Gasteiger partial charge on any atom is -0.467 e. The molecule has 0 aliphatic rings. The molecule has 10 N–H and O–H groups in total. The molecule has 2 aromatic carbocycles. The molecule has 0 spiro atoms. The van der Waals surface area contributed by atoms with Gasteiger partial charge in [-0.3, -0.25) is 47.9 Å². The van der Waals surface area contributed by atoms with E-state index in [1.54, 1.807) is 60.7 Å². The van der Waals surface area contributed by atoms with E-state index in [-0.39, 0.29) is 68.1 Å². The molecule has 0 aromatic heterocycles. The first-order chi connectivity index (χ1) is 35.0. The van der Waals surface area contributed by atoms with Gasteiger partial charge in [0.25, 0.3) is 0 Å². The Hall–Kier alpha value is -7.91. The molecule has 0 saturated carbocycles. The summed E-state index contributed by atoms with van der Waals surface area (Å²) in [4.78, 5) is 142. The molecule has 0 aliphatic heterocycles. The van der Waals surface area contributed by atoms with E-state index in [4.69, 9.17) is 4.74 Å². The zero-order chi connectivity index (χ0) is 55.3. The van der Waals surface area contributed by atoms with Crippen molar-refractivity contribution in [3.05, 3.63) is 96.1 Å². The molecule has 74 heavy (non-hydrogen) atoms. The standard InChI is InChI=1S/C52H74N10O12/c1-31(2)23-38(61-50(71)40(25-35-17-12-10-13-18-35)59-44(65)28-54-46(67)33(5)6)48(69)56-27-42(63)53-22-16-21-37(52(73)74-9)58-43(64)30-57-49(70)39(24-32(3)4)62-51(72)41(26-36-19-14-11-15-20-36)60-45(66)29-55-47(68)34(7)8/h10-15,17-20,31-32,37-41H,5,7,16,21-30H2,1-4,6,8-9H3,(H,53,63)(H,54,67)(H,55,68)(H,56,69)(H,57,70)(H,58,64)(H,59,65)(H,60,66)(H,61,71)(H,62,72)/t37-,38-,39-,40-,41-/m0/s1. The maximum Gasteiger partial charge on any atom is 0.328 e. The fourth-order valence-electron chi connectivity index (χ4n) is 7.00. The van der Waals surface area contributed by atoms with E-state index in [0.29, 0.717) is 5.56 Å². The van der Waals surface area contributed by atoms with E-state index >= 15 is 0 Å². The second kappa shape index (κ2) is 32.9. The maximum atomic E-state index is 13.7. The molecule has 0 saturated heterocycles. The highest BCUT2D eigenvalue weighted by atomic mass is 16.5. The summed E-state index contributed by atoms with van der Waals surface area (Å²) in [6.07, 6.45) is 0.644. The van der Waals surface area contributed by atoms with Crippen molar-refractivity contribution in [3.8, 4) is 0 Å². The average molecular weight is 1030 g/mol. The highest BCUT2D eigenvalue weighted by Crippen LogP contribution is 2.10. The number of carbonyl (C=O) groups excluding carboxylic acids is 11. The predicted octanol–water partition coefficient (Wildman–Crippen LogP) is -0.326. The van der Waals surface area contributed by atoms with Gasteiger partial charge in [0.15, 0.2) is 0 Å². The second-order valence-corrected chi connectivity index (χ2v) is 18.5. The van der Waals surface area contributed by atoms with Gasteiger partial charge >= 0.3 is 5.97 Å². The number of ether oxygens (including phenoxy) is 1. The van der Waals surface area contributed by atoms with E-state index in [1.165, 1.54) is 13.8 Å². The number of benzene rings is 2. The molecule has 0 unspecified atom stereocenters. The van der Waals surface area contributed by atoms with E-state index < -0.39 is 121 Å². The number of nitrogens with one attached hydrogen (secondary N) is 10. The van der Waals surface area contributed by atoms with Crippen LogP contribution in [-0.4, -0.2) is 135 Å². The summed E-state index contributed by atoms with van der Waals surface area (Å²) in [7, 11) is 1.13. The highest BCUT2D eigenvalue weighted by Gasteiger charge is 2.30. The Morgan fingerprint density at radius 3 is 1.19 bits per heavy atom. The summed E-state index contributed by atoms with van der Waals surface area (Å²) >= 11 is 0. The van der Waals surface area contributed by atoms with Crippen LogP contribution in [0.15, 0.2) is 85.0 Å². The number of hydrogen-bond acceptors (Lipinski definition) is 12. The van der Waals surface area contributed by atoms with Crippen LogP contribution >= 0.6 is 0 Å². The van der Waals surface area contributed by atoms with Crippen molar-refractivity contribution in [2.45, 2.75) is 110 Å². The molecule has 10 amide bonds. The Bertz CT molecular complexity index is 2290.